The van der Waals surface area contributed by atoms with Gasteiger partial charge in [-0.2, -0.15) is 0 Å². The van der Waals surface area contributed by atoms with Crippen molar-refractivity contribution < 1.29 is 13.3 Å². The van der Waals surface area contributed by atoms with E-state index in [1.807, 2.05) is 0 Å². The molecule has 0 saturated heterocycles. The van der Waals surface area contributed by atoms with Gasteiger partial charge in [-0.1, -0.05) is 23.8 Å². The van der Waals surface area contributed by atoms with Gasteiger partial charge < -0.3 is 13.3 Å². The van der Waals surface area contributed by atoms with Crippen molar-refractivity contribution in [2.45, 2.75) is 26.3 Å². The van der Waals surface area contributed by atoms with Gasteiger partial charge >= 0.3 is 8.80 Å². The number of hydrogen-bond donors (Lipinski definition) is 0. The van der Waals surface area contributed by atoms with Crippen molar-refractivity contribution in [3.8, 4) is 0 Å². The molecule has 4 heteroatoms. The fourth-order valence-corrected chi connectivity index (χ4v) is 3.60. The van der Waals surface area contributed by atoms with Crippen molar-refractivity contribution >= 4 is 8.80 Å². The highest BCUT2D eigenvalue weighted by atomic mass is 28.4. The molecule has 0 aliphatic rings. The molecule has 0 N–H and O–H groups in total. The van der Waals surface area contributed by atoms with Gasteiger partial charge in [0.1, 0.15) is 0 Å². The van der Waals surface area contributed by atoms with Gasteiger partial charge in [0.15, 0.2) is 0 Å². The summed E-state index contributed by atoms with van der Waals surface area (Å²) in [5, 5.41) is 0. The molecule has 1 rings (SSSR count). The Hall–Kier alpha value is -0.683. The van der Waals surface area contributed by atoms with E-state index in [4.69, 9.17) is 13.3 Å². The Labute approximate surface area is 105 Å². The van der Waals surface area contributed by atoms with Gasteiger partial charge in [0.25, 0.3) is 0 Å². The maximum atomic E-state index is 5.42. The van der Waals surface area contributed by atoms with Crippen LogP contribution in [0.25, 0.3) is 0 Å². The molecule has 0 atom stereocenters. The molecule has 17 heavy (non-hydrogen) atoms. The van der Waals surface area contributed by atoms with Crippen LogP contribution in [0.3, 0.4) is 0 Å². The Morgan fingerprint density at radius 3 is 2.12 bits per heavy atom. The van der Waals surface area contributed by atoms with Crippen molar-refractivity contribution in [2.75, 3.05) is 21.3 Å². The molecule has 0 radical (unpaired) electrons. The van der Waals surface area contributed by atoms with Crippen molar-refractivity contribution in [1.82, 2.24) is 0 Å². The number of benzene rings is 1. The molecule has 1 aromatic rings. The molecular formula is C13H22O3Si. The SMILES string of the molecule is CO[Si](CCc1cc(C)ccc1C)(OC)OC. The van der Waals surface area contributed by atoms with E-state index >= 15 is 0 Å². The Morgan fingerprint density at radius 1 is 1.00 bits per heavy atom. The lowest BCUT2D eigenvalue weighted by Crippen LogP contribution is -2.43. The smallest absolute Gasteiger partial charge is 0.377 e. The minimum Gasteiger partial charge on any atom is -0.377 e. The zero-order valence-corrected chi connectivity index (χ0v) is 12.4. The van der Waals surface area contributed by atoms with Crippen molar-refractivity contribution in [3.63, 3.8) is 0 Å². The van der Waals surface area contributed by atoms with Crippen LogP contribution in [0, 0.1) is 13.8 Å². The normalized spacial score (nSPS) is 11.8. The van der Waals surface area contributed by atoms with Crippen LogP contribution in [-0.4, -0.2) is 30.1 Å². The van der Waals surface area contributed by atoms with E-state index in [1.54, 1.807) is 21.3 Å². The first-order valence-electron chi connectivity index (χ1n) is 5.78. The van der Waals surface area contributed by atoms with E-state index in [0.717, 1.165) is 12.5 Å². The molecule has 1 aromatic carbocycles. The largest absolute Gasteiger partial charge is 0.500 e. The first-order chi connectivity index (χ1) is 8.06. The van der Waals surface area contributed by atoms with Crippen LogP contribution >= 0.6 is 0 Å². The maximum absolute atomic E-state index is 5.42. The predicted octanol–water partition coefficient (Wildman–Crippen LogP) is 2.72. The quantitative estimate of drug-likeness (QED) is 0.731. The van der Waals surface area contributed by atoms with Crippen LogP contribution in [0.2, 0.25) is 6.04 Å². The highest BCUT2D eigenvalue weighted by molar-refractivity contribution is 6.60. The van der Waals surface area contributed by atoms with Gasteiger partial charge in [0.2, 0.25) is 0 Å². The zero-order chi connectivity index (χ0) is 12.9. The molecule has 0 heterocycles. The zero-order valence-electron chi connectivity index (χ0n) is 11.4. The molecule has 0 aliphatic heterocycles. The van der Waals surface area contributed by atoms with Crippen molar-refractivity contribution in [1.29, 1.82) is 0 Å². The molecule has 0 bridgehead atoms. The number of aryl methyl sites for hydroxylation is 3. The van der Waals surface area contributed by atoms with Crippen LogP contribution in [0.15, 0.2) is 18.2 Å². The summed E-state index contributed by atoms with van der Waals surface area (Å²) in [5.41, 5.74) is 3.93. The number of hydrogen-bond acceptors (Lipinski definition) is 3. The van der Waals surface area contributed by atoms with E-state index in [9.17, 15) is 0 Å². The maximum Gasteiger partial charge on any atom is 0.500 e. The molecule has 0 aromatic heterocycles. The predicted molar refractivity (Wildman–Crippen MR) is 71.2 cm³/mol. The fraction of sp³-hybridized carbons (Fsp3) is 0.538. The first-order valence-corrected chi connectivity index (χ1v) is 7.71. The number of rotatable bonds is 6. The second-order valence-electron chi connectivity index (χ2n) is 4.23. The van der Waals surface area contributed by atoms with E-state index in [1.165, 1.54) is 16.7 Å². The summed E-state index contributed by atoms with van der Waals surface area (Å²) >= 11 is 0. The second-order valence-corrected chi connectivity index (χ2v) is 7.32. The third kappa shape index (κ3) is 3.64. The highest BCUT2D eigenvalue weighted by Gasteiger charge is 2.37. The van der Waals surface area contributed by atoms with Crippen molar-refractivity contribution in [3.05, 3.63) is 34.9 Å². The molecule has 3 nitrogen and oxygen atoms in total. The first kappa shape index (κ1) is 14.4. The minimum atomic E-state index is -2.44. The summed E-state index contributed by atoms with van der Waals surface area (Å²) in [4.78, 5) is 0. The Bertz CT molecular complexity index is 353. The van der Waals surface area contributed by atoms with Crippen LogP contribution in [-0.2, 0) is 19.7 Å². The molecular weight excluding hydrogens is 232 g/mol. The van der Waals surface area contributed by atoms with E-state index in [2.05, 4.69) is 32.0 Å². The summed E-state index contributed by atoms with van der Waals surface area (Å²) in [6.45, 7) is 4.24. The second kappa shape index (κ2) is 6.30. The van der Waals surface area contributed by atoms with E-state index in [-0.39, 0.29) is 0 Å². The monoisotopic (exact) mass is 254 g/mol. The lowest BCUT2D eigenvalue weighted by Gasteiger charge is -2.24. The Morgan fingerprint density at radius 2 is 1.59 bits per heavy atom. The Balaban J connectivity index is 2.75. The average molecular weight is 254 g/mol. The molecule has 0 unspecified atom stereocenters. The van der Waals surface area contributed by atoms with Gasteiger partial charge in [-0.25, -0.2) is 0 Å². The average Bonchev–Trinajstić information content (AvgIpc) is 2.35. The van der Waals surface area contributed by atoms with Crippen LogP contribution in [0.1, 0.15) is 16.7 Å². The van der Waals surface area contributed by atoms with Crippen LogP contribution in [0.4, 0.5) is 0 Å². The summed E-state index contributed by atoms with van der Waals surface area (Å²) < 4.78 is 16.3. The van der Waals surface area contributed by atoms with Gasteiger partial charge in [0, 0.05) is 27.4 Å². The third-order valence-corrected chi connectivity index (χ3v) is 5.87. The third-order valence-electron chi connectivity index (χ3n) is 3.14. The standard InChI is InChI=1S/C13H22O3Si/c1-11-6-7-12(2)13(10-11)8-9-17(14-3,15-4)16-5/h6-7,10H,8-9H2,1-5H3. The topological polar surface area (TPSA) is 27.7 Å². The van der Waals surface area contributed by atoms with Gasteiger partial charge in [-0.3, -0.25) is 0 Å². The molecule has 0 aliphatic carbocycles. The van der Waals surface area contributed by atoms with Crippen molar-refractivity contribution in [2.24, 2.45) is 0 Å². The molecule has 0 amide bonds. The van der Waals surface area contributed by atoms with Crippen LogP contribution < -0.4 is 0 Å². The minimum absolute atomic E-state index is 0.806. The fourth-order valence-electron chi connectivity index (χ4n) is 1.91. The van der Waals surface area contributed by atoms with Crippen LogP contribution in [0.5, 0.6) is 0 Å². The van der Waals surface area contributed by atoms with Gasteiger partial charge in [-0.15, -0.1) is 0 Å². The highest BCUT2D eigenvalue weighted by Crippen LogP contribution is 2.19. The Kier molecular flexibility index (Phi) is 5.33. The summed E-state index contributed by atoms with van der Waals surface area (Å²) in [7, 11) is 2.52. The lowest BCUT2D eigenvalue weighted by molar-refractivity contribution is 0.123. The van der Waals surface area contributed by atoms with Gasteiger partial charge in [0.05, 0.1) is 0 Å². The molecule has 0 fully saturated rings. The molecule has 96 valence electrons. The lowest BCUT2D eigenvalue weighted by atomic mass is 10.0. The van der Waals surface area contributed by atoms with E-state index in [0.29, 0.717) is 0 Å². The summed E-state index contributed by atoms with van der Waals surface area (Å²) in [5.74, 6) is 0. The summed E-state index contributed by atoms with van der Waals surface area (Å²) in [6, 6.07) is 7.31. The molecule has 0 spiro atoms. The molecule has 0 saturated carbocycles. The summed E-state index contributed by atoms with van der Waals surface area (Å²) in [6.07, 6.45) is 0.926. The van der Waals surface area contributed by atoms with E-state index < -0.39 is 8.80 Å². The van der Waals surface area contributed by atoms with Gasteiger partial charge in [-0.05, 0) is 31.4 Å².